The molecular weight excluding hydrogens is 274 g/mol. The molecule has 0 radical (unpaired) electrons. The second kappa shape index (κ2) is 7.69. The molecule has 1 heterocycles. The van der Waals surface area contributed by atoms with Crippen LogP contribution in [0.25, 0.3) is 0 Å². The molecule has 0 saturated carbocycles. The lowest BCUT2D eigenvalue weighted by Crippen LogP contribution is -2.50. The lowest BCUT2D eigenvalue weighted by molar-refractivity contribution is -0.148. The molecule has 20 heavy (non-hydrogen) atoms. The van der Waals surface area contributed by atoms with Crippen LogP contribution in [-0.2, 0) is 16.6 Å². The van der Waals surface area contributed by atoms with Gasteiger partial charge < -0.3 is 10.1 Å². The molecule has 0 fully saturated rings. The first kappa shape index (κ1) is 17.0. The molecular formula is C14H25N3O2S. The summed E-state index contributed by atoms with van der Waals surface area (Å²) in [5, 5.41) is 8.72. The molecule has 0 amide bonds. The van der Waals surface area contributed by atoms with Crippen molar-refractivity contribution in [3.8, 4) is 0 Å². The maximum Gasteiger partial charge on any atom is 0.325 e. The van der Waals surface area contributed by atoms with Gasteiger partial charge in [-0.25, -0.2) is 0 Å². The molecule has 1 rings (SSSR count). The van der Waals surface area contributed by atoms with Gasteiger partial charge in [0.25, 0.3) is 0 Å². The second-order valence-corrected chi connectivity index (χ2v) is 6.21. The van der Waals surface area contributed by atoms with E-state index in [4.69, 9.17) is 4.74 Å². The lowest BCUT2D eigenvalue weighted by atomic mass is 9.99. The highest BCUT2D eigenvalue weighted by Gasteiger charge is 2.33. The quantitative estimate of drug-likeness (QED) is 0.589. The van der Waals surface area contributed by atoms with Crippen LogP contribution in [0.15, 0.2) is 11.1 Å². The first-order valence-electron chi connectivity index (χ1n) is 6.90. The van der Waals surface area contributed by atoms with Crippen LogP contribution in [0.5, 0.6) is 0 Å². The van der Waals surface area contributed by atoms with Gasteiger partial charge in [0, 0.05) is 12.8 Å². The molecule has 1 aromatic rings. The summed E-state index contributed by atoms with van der Waals surface area (Å²) in [5.41, 5.74) is 0.389. The summed E-state index contributed by atoms with van der Waals surface area (Å²) in [6.07, 6.45) is 1.70. The highest BCUT2D eigenvalue weighted by molar-refractivity contribution is 7.99. The second-order valence-electron chi connectivity index (χ2n) is 5.10. The van der Waals surface area contributed by atoms with Crippen molar-refractivity contribution in [3.05, 3.63) is 11.8 Å². The summed E-state index contributed by atoms with van der Waals surface area (Å²) in [6.45, 7) is 6.77. The van der Waals surface area contributed by atoms with E-state index in [9.17, 15) is 4.79 Å². The number of rotatable bonds is 8. The van der Waals surface area contributed by atoms with Crippen molar-refractivity contribution >= 4 is 17.7 Å². The Bertz CT molecular complexity index is 448. The number of nitrogens with zero attached hydrogens (tertiary/aromatic N) is 2. The number of thioether (sulfide) groups is 1. The fourth-order valence-corrected chi connectivity index (χ4v) is 3.17. The smallest absolute Gasteiger partial charge is 0.325 e. The van der Waals surface area contributed by atoms with E-state index in [1.165, 1.54) is 7.11 Å². The number of ether oxygens (including phenoxy) is 1. The van der Waals surface area contributed by atoms with E-state index >= 15 is 0 Å². The van der Waals surface area contributed by atoms with Gasteiger partial charge in [-0.05, 0) is 39.3 Å². The van der Waals surface area contributed by atoms with Gasteiger partial charge in [-0.1, -0.05) is 6.92 Å². The highest BCUT2D eigenvalue weighted by Crippen LogP contribution is 2.23. The van der Waals surface area contributed by atoms with E-state index < -0.39 is 5.54 Å². The van der Waals surface area contributed by atoms with Crippen molar-refractivity contribution in [1.82, 2.24) is 15.1 Å². The molecule has 6 heteroatoms. The summed E-state index contributed by atoms with van der Waals surface area (Å²) >= 11 is 1.71. The third-order valence-corrected chi connectivity index (χ3v) is 4.30. The fraction of sp³-hybridized carbons (Fsp3) is 0.714. The molecule has 0 bridgehead atoms. The van der Waals surface area contributed by atoms with Crippen molar-refractivity contribution in [1.29, 1.82) is 0 Å². The number of nitrogens with one attached hydrogen (secondary N) is 1. The largest absolute Gasteiger partial charge is 0.468 e. The Labute approximate surface area is 125 Å². The van der Waals surface area contributed by atoms with Crippen LogP contribution >= 0.6 is 11.8 Å². The molecule has 1 atom stereocenters. The van der Waals surface area contributed by atoms with E-state index in [-0.39, 0.29) is 5.97 Å². The number of aromatic nitrogens is 2. The van der Waals surface area contributed by atoms with Crippen molar-refractivity contribution in [3.63, 3.8) is 0 Å². The molecule has 1 N–H and O–H groups in total. The summed E-state index contributed by atoms with van der Waals surface area (Å²) < 4.78 is 6.78. The van der Waals surface area contributed by atoms with Gasteiger partial charge in [-0.2, -0.15) is 5.10 Å². The molecule has 0 aliphatic carbocycles. The highest BCUT2D eigenvalue weighted by atomic mass is 32.2. The number of methoxy groups -OCH3 is 1. The van der Waals surface area contributed by atoms with Gasteiger partial charge in [0.15, 0.2) is 0 Å². The Hall–Kier alpha value is -1.01. The fourth-order valence-electron chi connectivity index (χ4n) is 1.97. The zero-order chi connectivity index (χ0) is 15.2. The summed E-state index contributed by atoms with van der Waals surface area (Å²) in [7, 11) is 3.37. The molecule has 0 aliphatic heterocycles. The third-order valence-electron chi connectivity index (χ3n) is 3.21. The molecule has 0 aliphatic rings. The molecule has 1 aromatic heterocycles. The number of esters is 1. The minimum absolute atomic E-state index is 0.201. The molecule has 114 valence electrons. The first-order valence-corrected chi connectivity index (χ1v) is 7.88. The average Bonchev–Trinajstić information content (AvgIpc) is 2.73. The third kappa shape index (κ3) is 4.52. The number of hydrogen-bond donors (Lipinski definition) is 1. The molecule has 1 unspecified atom stereocenters. The van der Waals surface area contributed by atoms with E-state index in [1.807, 2.05) is 25.6 Å². The van der Waals surface area contributed by atoms with Crippen LogP contribution in [0.3, 0.4) is 0 Å². The maximum absolute atomic E-state index is 11.9. The van der Waals surface area contributed by atoms with E-state index in [0.29, 0.717) is 6.42 Å². The Morgan fingerprint density at radius 3 is 2.80 bits per heavy atom. The number of aryl methyl sites for hydroxylation is 2. The van der Waals surface area contributed by atoms with Crippen molar-refractivity contribution < 1.29 is 9.53 Å². The van der Waals surface area contributed by atoms with Crippen LogP contribution in [0.2, 0.25) is 0 Å². The monoisotopic (exact) mass is 299 g/mol. The van der Waals surface area contributed by atoms with Gasteiger partial charge >= 0.3 is 5.97 Å². The van der Waals surface area contributed by atoms with Gasteiger partial charge in [0.1, 0.15) is 5.54 Å². The predicted molar refractivity (Wildman–Crippen MR) is 82.0 cm³/mol. The first-order chi connectivity index (χ1) is 9.42. The Kier molecular flexibility index (Phi) is 6.55. The minimum Gasteiger partial charge on any atom is -0.468 e. The van der Waals surface area contributed by atoms with Gasteiger partial charge in [-0.15, -0.1) is 11.8 Å². The van der Waals surface area contributed by atoms with E-state index in [1.54, 1.807) is 11.8 Å². The van der Waals surface area contributed by atoms with E-state index in [0.717, 1.165) is 29.4 Å². The van der Waals surface area contributed by atoms with Crippen LogP contribution < -0.4 is 5.32 Å². The number of carbonyl (C=O) groups is 1. The van der Waals surface area contributed by atoms with Crippen molar-refractivity contribution in [2.45, 2.75) is 44.2 Å². The Morgan fingerprint density at radius 1 is 1.60 bits per heavy atom. The van der Waals surface area contributed by atoms with Crippen LogP contribution in [0.1, 0.15) is 32.4 Å². The van der Waals surface area contributed by atoms with Crippen LogP contribution in [0, 0.1) is 6.92 Å². The standard InChI is InChI=1S/C14H25N3O2S/c1-6-8-15-14(3,13(18)19-5)7-9-20-12-10-11(2)16-17(12)4/h10,15H,6-9H2,1-5H3. The lowest BCUT2D eigenvalue weighted by Gasteiger charge is -2.27. The zero-order valence-electron chi connectivity index (χ0n) is 13.0. The summed E-state index contributed by atoms with van der Waals surface area (Å²) in [5.74, 6) is 0.633. The van der Waals surface area contributed by atoms with Gasteiger partial charge in [0.05, 0.1) is 17.8 Å². The normalized spacial score (nSPS) is 14.1. The molecule has 0 spiro atoms. The van der Waals surface area contributed by atoms with Gasteiger partial charge in [-0.3, -0.25) is 9.48 Å². The summed E-state index contributed by atoms with van der Waals surface area (Å²) in [4.78, 5) is 11.9. The Morgan fingerprint density at radius 2 is 2.30 bits per heavy atom. The van der Waals surface area contributed by atoms with Crippen LogP contribution in [0.4, 0.5) is 0 Å². The van der Waals surface area contributed by atoms with Gasteiger partial charge in [0.2, 0.25) is 0 Å². The molecule has 0 aromatic carbocycles. The van der Waals surface area contributed by atoms with Crippen LogP contribution in [-0.4, -0.2) is 40.7 Å². The van der Waals surface area contributed by atoms with Crippen molar-refractivity contribution in [2.75, 3.05) is 19.4 Å². The predicted octanol–water partition coefficient (Wildman–Crippen LogP) is 2.14. The average molecular weight is 299 g/mol. The SMILES string of the molecule is CCCNC(C)(CCSc1cc(C)nn1C)C(=O)OC. The zero-order valence-corrected chi connectivity index (χ0v) is 13.8. The summed E-state index contributed by atoms with van der Waals surface area (Å²) in [6, 6.07) is 2.06. The Balaban J connectivity index is 2.58. The molecule has 5 nitrogen and oxygen atoms in total. The molecule has 0 saturated heterocycles. The minimum atomic E-state index is -0.620. The van der Waals surface area contributed by atoms with Crippen molar-refractivity contribution in [2.24, 2.45) is 7.05 Å². The maximum atomic E-state index is 11.9. The number of hydrogen-bond acceptors (Lipinski definition) is 5. The topological polar surface area (TPSA) is 56.2 Å². The number of carbonyl (C=O) groups excluding carboxylic acids is 1. The van der Waals surface area contributed by atoms with E-state index in [2.05, 4.69) is 23.4 Å².